The Labute approximate surface area is 161 Å². The summed E-state index contributed by atoms with van der Waals surface area (Å²) >= 11 is 9.18. The minimum absolute atomic E-state index is 0.0991. The van der Waals surface area contributed by atoms with E-state index in [1.165, 1.54) is 23.2 Å². The van der Waals surface area contributed by atoms with Crippen LogP contribution < -0.4 is 16.6 Å². The van der Waals surface area contributed by atoms with Crippen molar-refractivity contribution in [3.8, 4) is 0 Å². The summed E-state index contributed by atoms with van der Waals surface area (Å²) in [6.07, 6.45) is 0. The second-order valence-corrected chi connectivity index (χ2v) is 6.90. The number of benzene rings is 1. The van der Waals surface area contributed by atoms with E-state index in [1.54, 1.807) is 18.2 Å². The fraction of sp³-hybridized carbons (Fsp3) is 0.250. The van der Waals surface area contributed by atoms with Gasteiger partial charge in [0.1, 0.15) is 6.54 Å². The van der Waals surface area contributed by atoms with E-state index in [-0.39, 0.29) is 23.6 Å². The van der Waals surface area contributed by atoms with Crippen molar-refractivity contribution in [1.82, 2.24) is 24.0 Å². The highest BCUT2D eigenvalue weighted by Crippen LogP contribution is 2.16. The van der Waals surface area contributed by atoms with Crippen molar-refractivity contribution in [2.75, 3.05) is 0 Å². The molecule has 136 valence electrons. The number of halogens is 2. The minimum atomic E-state index is -0.512. The summed E-state index contributed by atoms with van der Waals surface area (Å²) in [5.41, 5.74) is 0.256. The quantitative estimate of drug-likeness (QED) is 0.617. The van der Waals surface area contributed by atoms with Crippen LogP contribution in [0.4, 0.5) is 0 Å². The van der Waals surface area contributed by atoms with E-state index in [4.69, 9.17) is 11.6 Å². The van der Waals surface area contributed by atoms with Crippen molar-refractivity contribution in [1.29, 1.82) is 0 Å². The lowest BCUT2D eigenvalue weighted by Gasteiger charge is -2.10. The summed E-state index contributed by atoms with van der Waals surface area (Å²) in [6, 6.07) is 7.16. The number of carbonyl (C=O) groups is 1. The van der Waals surface area contributed by atoms with E-state index in [0.29, 0.717) is 16.3 Å². The monoisotopic (exact) mass is 439 g/mol. The van der Waals surface area contributed by atoms with Crippen molar-refractivity contribution < 1.29 is 4.79 Å². The van der Waals surface area contributed by atoms with Crippen molar-refractivity contribution in [3.05, 3.63) is 60.4 Å². The first-order valence-electron chi connectivity index (χ1n) is 7.62. The number of hydrogen-bond donors (Lipinski definition) is 1. The molecule has 1 N–H and O–H groups in total. The highest BCUT2D eigenvalue weighted by molar-refractivity contribution is 9.10. The van der Waals surface area contributed by atoms with Crippen LogP contribution in [0.15, 0.2) is 38.6 Å². The highest BCUT2D eigenvalue weighted by Gasteiger charge is 2.19. The molecule has 0 saturated heterocycles. The Morgan fingerprint density at radius 2 is 2.00 bits per heavy atom. The third-order valence-electron chi connectivity index (χ3n) is 3.97. The molecule has 0 spiro atoms. The van der Waals surface area contributed by atoms with Crippen molar-refractivity contribution in [2.45, 2.75) is 13.1 Å². The van der Waals surface area contributed by atoms with Gasteiger partial charge in [-0.15, -0.1) is 0 Å². The van der Waals surface area contributed by atoms with Crippen LogP contribution in [0.3, 0.4) is 0 Å². The zero-order chi connectivity index (χ0) is 19.0. The lowest BCUT2D eigenvalue weighted by molar-refractivity contribution is -0.121. The fourth-order valence-corrected chi connectivity index (χ4v) is 3.33. The second kappa shape index (κ2) is 7.08. The summed E-state index contributed by atoms with van der Waals surface area (Å²) in [5.74, 6) is -0.293. The van der Waals surface area contributed by atoms with E-state index in [9.17, 15) is 14.4 Å². The lowest BCUT2D eigenvalue weighted by Crippen LogP contribution is -2.38. The maximum Gasteiger partial charge on any atom is 0.332 e. The van der Waals surface area contributed by atoms with Crippen molar-refractivity contribution in [2.24, 2.45) is 14.1 Å². The third kappa shape index (κ3) is 3.32. The van der Waals surface area contributed by atoms with Crippen molar-refractivity contribution in [3.63, 3.8) is 0 Å². The summed E-state index contributed by atoms with van der Waals surface area (Å²) in [5, 5.41) is 3.37. The predicted octanol–water partition coefficient (Wildman–Crippen LogP) is 1.17. The first-order valence-corrected chi connectivity index (χ1v) is 8.79. The van der Waals surface area contributed by atoms with E-state index in [0.717, 1.165) is 10.1 Å². The molecular formula is C16H15BrClN5O3. The molecule has 0 aliphatic carbocycles. The van der Waals surface area contributed by atoms with Crippen LogP contribution in [0.5, 0.6) is 0 Å². The van der Waals surface area contributed by atoms with Gasteiger partial charge in [-0.05, 0) is 33.6 Å². The molecule has 1 amide bonds. The van der Waals surface area contributed by atoms with Gasteiger partial charge in [0.25, 0.3) is 5.56 Å². The molecule has 0 unspecified atom stereocenters. The maximum atomic E-state index is 12.3. The van der Waals surface area contributed by atoms with Crippen molar-refractivity contribution >= 4 is 44.6 Å². The van der Waals surface area contributed by atoms with Crippen LogP contribution >= 0.6 is 27.5 Å². The van der Waals surface area contributed by atoms with Crippen LogP contribution in [0.25, 0.3) is 11.2 Å². The van der Waals surface area contributed by atoms with Crippen LogP contribution in [0.2, 0.25) is 5.02 Å². The number of amides is 1. The Morgan fingerprint density at radius 3 is 2.69 bits per heavy atom. The summed E-state index contributed by atoms with van der Waals surface area (Å²) in [7, 11) is 2.91. The van der Waals surface area contributed by atoms with Gasteiger partial charge in [-0.25, -0.2) is 9.78 Å². The third-order valence-corrected chi connectivity index (χ3v) is 4.81. The summed E-state index contributed by atoms with van der Waals surface area (Å²) in [4.78, 5) is 40.9. The topological polar surface area (TPSA) is 90.9 Å². The van der Waals surface area contributed by atoms with Gasteiger partial charge < -0.3 is 5.32 Å². The first kappa shape index (κ1) is 18.4. The number of rotatable bonds is 4. The zero-order valence-electron chi connectivity index (χ0n) is 14.0. The first-order chi connectivity index (χ1) is 12.3. The molecule has 2 aromatic heterocycles. The molecule has 3 rings (SSSR count). The Balaban J connectivity index is 1.89. The Morgan fingerprint density at radius 1 is 1.27 bits per heavy atom. The molecule has 2 heterocycles. The molecule has 26 heavy (non-hydrogen) atoms. The van der Waals surface area contributed by atoms with Crippen LogP contribution in [-0.2, 0) is 32.0 Å². The van der Waals surface area contributed by atoms with Gasteiger partial charge in [-0.1, -0.05) is 23.7 Å². The maximum absolute atomic E-state index is 12.3. The molecule has 0 aliphatic heterocycles. The molecule has 0 fully saturated rings. The van der Waals surface area contributed by atoms with Gasteiger partial charge in [0.15, 0.2) is 15.9 Å². The lowest BCUT2D eigenvalue weighted by atomic mass is 10.2. The molecule has 0 saturated carbocycles. The van der Waals surface area contributed by atoms with Crippen LogP contribution in [0, 0.1) is 0 Å². The number of aromatic nitrogens is 4. The molecule has 3 aromatic rings. The molecule has 0 radical (unpaired) electrons. The van der Waals surface area contributed by atoms with E-state index in [1.807, 2.05) is 6.07 Å². The zero-order valence-corrected chi connectivity index (χ0v) is 16.3. The summed E-state index contributed by atoms with van der Waals surface area (Å²) in [6.45, 7) is 0.211. The Hall–Kier alpha value is -2.39. The van der Waals surface area contributed by atoms with Crippen LogP contribution in [0.1, 0.15) is 5.56 Å². The standard InChI is InChI=1S/C16H15BrClN5O3/c1-21-13-12(14(25)22(2)16(21)26)20-15(17)23(13)8-11(24)19-7-9-4-3-5-10(18)6-9/h3-6H,7-8H2,1-2H3,(H,19,24). The molecule has 0 bridgehead atoms. The second-order valence-electron chi connectivity index (χ2n) is 5.75. The number of carbonyl (C=O) groups excluding carboxylic acids is 1. The van der Waals surface area contributed by atoms with E-state index in [2.05, 4.69) is 26.2 Å². The molecule has 0 aliphatic rings. The number of hydrogen-bond acceptors (Lipinski definition) is 4. The largest absolute Gasteiger partial charge is 0.350 e. The Kier molecular flexibility index (Phi) is 5.01. The molecule has 0 atom stereocenters. The number of aryl methyl sites for hydroxylation is 1. The van der Waals surface area contributed by atoms with Gasteiger partial charge >= 0.3 is 5.69 Å². The highest BCUT2D eigenvalue weighted by atomic mass is 79.9. The fourth-order valence-electron chi connectivity index (χ4n) is 2.65. The smallest absolute Gasteiger partial charge is 0.332 e. The number of fused-ring (bicyclic) bond motifs is 1. The molecule has 8 nitrogen and oxygen atoms in total. The SMILES string of the molecule is Cn1c(=O)c2nc(Br)n(CC(=O)NCc3cccc(Cl)c3)c2n(C)c1=O. The van der Waals surface area contributed by atoms with Gasteiger partial charge in [0.2, 0.25) is 5.91 Å². The van der Waals surface area contributed by atoms with Gasteiger partial charge in [0, 0.05) is 25.7 Å². The normalized spacial score (nSPS) is 11.1. The number of nitrogens with one attached hydrogen (secondary N) is 1. The number of nitrogens with zero attached hydrogens (tertiary/aromatic N) is 4. The number of imidazole rings is 1. The van der Waals surface area contributed by atoms with Crippen LogP contribution in [-0.4, -0.2) is 24.6 Å². The minimum Gasteiger partial charge on any atom is -0.350 e. The molecule has 10 heteroatoms. The molecular weight excluding hydrogens is 426 g/mol. The van der Waals surface area contributed by atoms with Gasteiger partial charge in [-0.3, -0.25) is 23.3 Å². The molecule has 1 aromatic carbocycles. The average Bonchev–Trinajstić information content (AvgIpc) is 2.93. The van der Waals surface area contributed by atoms with Gasteiger partial charge in [0.05, 0.1) is 0 Å². The average molecular weight is 441 g/mol. The predicted molar refractivity (Wildman–Crippen MR) is 101 cm³/mol. The summed E-state index contributed by atoms with van der Waals surface area (Å²) < 4.78 is 4.04. The van der Waals surface area contributed by atoms with Gasteiger partial charge in [-0.2, -0.15) is 0 Å². The Bertz CT molecular complexity index is 1130. The van der Waals surface area contributed by atoms with E-state index >= 15 is 0 Å². The van der Waals surface area contributed by atoms with E-state index < -0.39 is 11.2 Å².